The van der Waals surface area contributed by atoms with Gasteiger partial charge in [-0.25, -0.2) is 9.97 Å². The van der Waals surface area contributed by atoms with E-state index in [1.54, 1.807) is 36.9 Å². The lowest BCUT2D eigenvalue weighted by molar-refractivity contribution is 0.102. The number of carbonyl (C=O) groups excluding carboxylic acids is 1. The number of nitrogens with one attached hydrogen (secondary N) is 1. The quantitative estimate of drug-likeness (QED) is 0.496. The first-order chi connectivity index (χ1) is 16.0. The molecule has 0 aromatic carbocycles. The molecule has 172 valence electrons. The van der Waals surface area contributed by atoms with Crippen molar-refractivity contribution in [2.75, 3.05) is 35.6 Å². The number of hydrogen-bond donors (Lipinski definition) is 3. The van der Waals surface area contributed by atoms with Crippen LogP contribution in [0.15, 0.2) is 43.0 Å². The van der Waals surface area contributed by atoms with E-state index in [0.717, 1.165) is 38.0 Å². The number of nitrogens with two attached hydrogens (primary N) is 2. The molecular formula is C23H28N8O2. The van der Waals surface area contributed by atoms with Gasteiger partial charge in [0, 0.05) is 25.3 Å². The first-order valence-electron chi connectivity index (χ1n) is 11.0. The number of hydrogen-bond acceptors (Lipinski definition) is 9. The van der Waals surface area contributed by atoms with Crippen molar-refractivity contribution in [2.24, 2.45) is 5.73 Å². The van der Waals surface area contributed by atoms with E-state index in [0.29, 0.717) is 29.6 Å². The van der Waals surface area contributed by atoms with Crippen LogP contribution >= 0.6 is 0 Å². The molecule has 3 aromatic heterocycles. The van der Waals surface area contributed by atoms with Gasteiger partial charge in [0.2, 0.25) is 5.88 Å². The summed E-state index contributed by atoms with van der Waals surface area (Å²) in [6, 6.07) is 5.30. The molecule has 10 heteroatoms. The summed E-state index contributed by atoms with van der Waals surface area (Å²) in [5.41, 5.74) is 15.0. The van der Waals surface area contributed by atoms with Crippen LogP contribution < -0.4 is 26.4 Å². The van der Waals surface area contributed by atoms with Crippen LogP contribution in [0.4, 0.5) is 17.1 Å². The van der Waals surface area contributed by atoms with Gasteiger partial charge in [-0.2, -0.15) is 0 Å². The highest BCUT2D eigenvalue weighted by Gasteiger charge is 2.21. The Kier molecular flexibility index (Phi) is 6.94. The molecule has 1 atom stereocenters. The van der Waals surface area contributed by atoms with E-state index in [2.05, 4.69) is 30.2 Å². The van der Waals surface area contributed by atoms with Gasteiger partial charge in [-0.15, -0.1) is 0 Å². The van der Waals surface area contributed by atoms with Gasteiger partial charge in [-0.05, 0) is 37.5 Å². The molecule has 33 heavy (non-hydrogen) atoms. The summed E-state index contributed by atoms with van der Waals surface area (Å²) in [6.45, 7) is 4.14. The Morgan fingerprint density at radius 3 is 2.88 bits per heavy atom. The van der Waals surface area contributed by atoms with Gasteiger partial charge in [0.15, 0.2) is 5.69 Å². The highest BCUT2D eigenvalue weighted by molar-refractivity contribution is 6.07. The fourth-order valence-corrected chi connectivity index (χ4v) is 3.71. The number of nitrogens with zero attached hydrogens (tertiary/aromatic N) is 5. The lowest BCUT2D eigenvalue weighted by atomic mass is 10.1. The van der Waals surface area contributed by atoms with E-state index in [9.17, 15) is 4.79 Å². The van der Waals surface area contributed by atoms with Crippen molar-refractivity contribution >= 4 is 23.0 Å². The van der Waals surface area contributed by atoms with Gasteiger partial charge in [0.25, 0.3) is 5.91 Å². The monoisotopic (exact) mass is 448 g/mol. The van der Waals surface area contributed by atoms with Gasteiger partial charge in [-0.1, -0.05) is 6.92 Å². The number of pyridine rings is 2. The molecule has 1 aliphatic rings. The van der Waals surface area contributed by atoms with Crippen molar-refractivity contribution < 1.29 is 9.53 Å². The molecule has 1 fully saturated rings. The van der Waals surface area contributed by atoms with Crippen LogP contribution in [0.1, 0.15) is 36.7 Å². The van der Waals surface area contributed by atoms with E-state index in [4.69, 9.17) is 16.2 Å². The fourth-order valence-electron chi connectivity index (χ4n) is 3.71. The van der Waals surface area contributed by atoms with Crippen molar-refractivity contribution in [1.82, 2.24) is 19.9 Å². The number of anilines is 3. The Labute approximate surface area is 192 Å². The predicted octanol–water partition coefficient (Wildman–Crippen LogP) is 2.48. The number of amides is 1. The summed E-state index contributed by atoms with van der Waals surface area (Å²) in [5.74, 6) is -0.0324. The molecular weight excluding hydrogens is 420 g/mol. The second-order valence-electron chi connectivity index (χ2n) is 7.92. The molecule has 0 saturated carbocycles. The molecule has 0 radical (unpaired) electrons. The smallest absolute Gasteiger partial charge is 0.276 e. The number of piperidine rings is 1. The normalized spacial score (nSPS) is 15.8. The fraction of sp³-hybridized carbons (Fsp3) is 0.348. The van der Waals surface area contributed by atoms with Gasteiger partial charge in [0.1, 0.15) is 5.69 Å². The molecule has 1 aliphatic heterocycles. The first-order valence-corrected chi connectivity index (χ1v) is 11.0. The zero-order valence-corrected chi connectivity index (χ0v) is 18.6. The standard InChI is InChI=1S/C23H28N8O2/c1-2-10-33-21-13-27-11-18(28-21)17-6-5-16(25)22(29-17)23(32)30-19-12-26-8-7-20(19)31-9-3-4-15(24)14-31/h5-8,11-13,15H,2-4,9-10,14,24-25H2,1H3,(H,30,32)/t15-/m0/s1. The van der Waals surface area contributed by atoms with Crippen LogP contribution in [0.2, 0.25) is 0 Å². The van der Waals surface area contributed by atoms with Crippen LogP contribution in [-0.4, -0.2) is 51.6 Å². The third-order valence-corrected chi connectivity index (χ3v) is 5.32. The van der Waals surface area contributed by atoms with Gasteiger partial charge in [-0.3, -0.25) is 14.8 Å². The Hall–Kier alpha value is -3.79. The third kappa shape index (κ3) is 5.35. The van der Waals surface area contributed by atoms with Gasteiger partial charge >= 0.3 is 0 Å². The van der Waals surface area contributed by atoms with Crippen LogP contribution in [0, 0.1) is 0 Å². The molecule has 4 rings (SSSR count). The maximum Gasteiger partial charge on any atom is 0.276 e. The summed E-state index contributed by atoms with van der Waals surface area (Å²) in [6.07, 6.45) is 9.27. The maximum absolute atomic E-state index is 13.1. The number of aromatic nitrogens is 4. The molecule has 10 nitrogen and oxygen atoms in total. The Morgan fingerprint density at radius 2 is 2.06 bits per heavy atom. The Bertz CT molecular complexity index is 1120. The number of nitrogen functional groups attached to an aromatic ring is 1. The molecule has 5 N–H and O–H groups in total. The summed E-state index contributed by atoms with van der Waals surface area (Å²) >= 11 is 0. The molecule has 4 heterocycles. The number of rotatable bonds is 7. The van der Waals surface area contributed by atoms with Crippen molar-refractivity contribution in [1.29, 1.82) is 0 Å². The summed E-state index contributed by atoms with van der Waals surface area (Å²) in [4.78, 5) is 32.5. The molecule has 0 unspecified atom stereocenters. The minimum absolute atomic E-state index is 0.0966. The lowest BCUT2D eigenvalue weighted by Gasteiger charge is -2.33. The van der Waals surface area contributed by atoms with Crippen molar-refractivity contribution in [3.63, 3.8) is 0 Å². The second-order valence-corrected chi connectivity index (χ2v) is 7.92. The number of ether oxygens (including phenoxy) is 1. The molecule has 3 aromatic rings. The average Bonchev–Trinajstić information content (AvgIpc) is 2.83. The average molecular weight is 449 g/mol. The molecule has 0 bridgehead atoms. The lowest BCUT2D eigenvalue weighted by Crippen LogP contribution is -2.43. The van der Waals surface area contributed by atoms with Crippen LogP contribution in [0.5, 0.6) is 5.88 Å². The van der Waals surface area contributed by atoms with E-state index < -0.39 is 5.91 Å². The maximum atomic E-state index is 13.1. The minimum Gasteiger partial charge on any atom is -0.477 e. The summed E-state index contributed by atoms with van der Waals surface area (Å²) < 4.78 is 5.55. The van der Waals surface area contributed by atoms with E-state index in [-0.39, 0.29) is 17.4 Å². The Balaban J connectivity index is 1.58. The zero-order valence-electron chi connectivity index (χ0n) is 18.6. The van der Waals surface area contributed by atoms with E-state index >= 15 is 0 Å². The SMILES string of the molecule is CCCOc1cncc(-c2ccc(N)c(C(=O)Nc3cnccc3N3CCC[C@H](N)C3)n2)n1. The number of carbonyl (C=O) groups is 1. The van der Waals surface area contributed by atoms with Crippen LogP contribution in [0.25, 0.3) is 11.4 Å². The Morgan fingerprint density at radius 1 is 1.18 bits per heavy atom. The minimum atomic E-state index is -0.434. The third-order valence-electron chi connectivity index (χ3n) is 5.32. The molecule has 1 saturated heterocycles. The molecule has 1 amide bonds. The zero-order chi connectivity index (χ0) is 23.2. The van der Waals surface area contributed by atoms with Crippen molar-refractivity contribution in [3.05, 3.63) is 48.7 Å². The first kappa shape index (κ1) is 22.4. The van der Waals surface area contributed by atoms with Crippen molar-refractivity contribution in [3.8, 4) is 17.3 Å². The highest BCUT2D eigenvalue weighted by atomic mass is 16.5. The van der Waals surface area contributed by atoms with E-state index in [1.165, 1.54) is 0 Å². The predicted molar refractivity (Wildman–Crippen MR) is 127 cm³/mol. The summed E-state index contributed by atoms with van der Waals surface area (Å²) in [5, 5.41) is 2.91. The molecule has 0 aliphatic carbocycles. The highest BCUT2D eigenvalue weighted by Crippen LogP contribution is 2.28. The summed E-state index contributed by atoms with van der Waals surface area (Å²) in [7, 11) is 0. The van der Waals surface area contributed by atoms with E-state index in [1.807, 2.05) is 13.0 Å². The van der Waals surface area contributed by atoms with Crippen molar-refractivity contribution in [2.45, 2.75) is 32.2 Å². The van der Waals surface area contributed by atoms with Crippen LogP contribution in [0.3, 0.4) is 0 Å². The van der Waals surface area contributed by atoms with Crippen LogP contribution in [-0.2, 0) is 0 Å². The van der Waals surface area contributed by atoms with Gasteiger partial charge < -0.3 is 26.4 Å². The van der Waals surface area contributed by atoms with Gasteiger partial charge in [0.05, 0.1) is 48.0 Å². The molecule has 0 spiro atoms. The largest absolute Gasteiger partial charge is 0.477 e. The topological polar surface area (TPSA) is 145 Å². The second kappa shape index (κ2) is 10.2.